The molecule has 0 aromatic carbocycles. The minimum Gasteiger partial charge on any atom is -0.458 e. The Morgan fingerprint density at radius 3 is 2.70 bits per heavy atom. The fraction of sp³-hybridized carbons (Fsp3) is 0.375. The van der Waals surface area contributed by atoms with Gasteiger partial charge in [0.05, 0.1) is 0 Å². The van der Waals surface area contributed by atoms with Gasteiger partial charge in [0.2, 0.25) is 0 Å². The van der Waals surface area contributed by atoms with E-state index in [2.05, 4.69) is 0 Å². The summed E-state index contributed by atoms with van der Waals surface area (Å²) >= 11 is 0. The molecule has 0 aliphatic heterocycles. The normalized spacial score (nSPS) is 9.80. The highest BCUT2D eigenvalue weighted by atomic mass is 16.3. The molecule has 1 heterocycles. The van der Waals surface area contributed by atoms with Crippen LogP contribution in [0.2, 0.25) is 0 Å². The van der Waals surface area contributed by atoms with E-state index in [9.17, 15) is 4.79 Å². The van der Waals surface area contributed by atoms with Crippen molar-refractivity contribution in [3.05, 3.63) is 23.2 Å². The predicted molar refractivity (Wildman–Crippen MR) is 38.2 cm³/mol. The first-order chi connectivity index (χ1) is 4.77. The van der Waals surface area contributed by atoms with E-state index in [1.807, 2.05) is 19.9 Å². The van der Waals surface area contributed by atoms with Crippen LogP contribution in [0.5, 0.6) is 0 Å². The van der Waals surface area contributed by atoms with Crippen molar-refractivity contribution in [3.63, 3.8) is 0 Å². The molecule has 0 bridgehead atoms. The van der Waals surface area contributed by atoms with Crippen molar-refractivity contribution >= 4 is 6.29 Å². The zero-order chi connectivity index (χ0) is 7.56. The molecule has 0 saturated carbocycles. The lowest BCUT2D eigenvalue weighted by Crippen LogP contribution is -1.74. The van der Waals surface area contributed by atoms with Crippen molar-refractivity contribution in [3.8, 4) is 0 Å². The minimum atomic E-state index is 0.455. The Bertz CT molecular complexity index is 235. The lowest BCUT2D eigenvalue weighted by atomic mass is 10.2. The summed E-state index contributed by atoms with van der Waals surface area (Å²) in [6.07, 6.45) is 1.59. The molecule has 1 rings (SSSR count). The minimum absolute atomic E-state index is 0.455. The molecule has 0 unspecified atom stereocenters. The van der Waals surface area contributed by atoms with Crippen LogP contribution in [0.15, 0.2) is 10.5 Å². The molecule has 2 heteroatoms. The second-order valence-electron chi connectivity index (χ2n) is 2.23. The molecule has 0 radical (unpaired) electrons. The molecular weight excluding hydrogens is 128 g/mol. The van der Waals surface area contributed by atoms with Crippen molar-refractivity contribution in [2.45, 2.75) is 20.3 Å². The molecule has 2 nitrogen and oxygen atoms in total. The van der Waals surface area contributed by atoms with Crippen LogP contribution in [0.25, 0.3) is 0 Å². The lowest BCUT2D eigenvalue weighted by Gasteiger charge is -1.83. The summed E-state index contributed by atoms with van der Waals surface area (Å²) in [5.41, 5.74) is 0.923. The van der Waals surface area contributed by atoms with Gasteiger partial charge in [0, 0.05) is 6.42 Å². The second-order valence-corrected chi connectivity index (χ2v) is 2.23. The number of hydrogen-bond donors (Lipinski definition) is 0. The van der Waals surface area contributed by atoms with E-state index >= 15 is 0 Å². The van der Waals surface area contributed by atoms with Crippen LogP contribution in [0.3, 0.4) is 0 Å². The maximum absolute atomic E-state index is 10.3. The summed E-state index contributed by atoms with van der Waals surface area (Å²) in [4.78, 5) is 10.3. The SMILES string of the molecule is CCc1cc(C)c(C=O)o1. The zero-order valence-electron chi connectivity index (χ0n) is 6.18. The molecule has 0 saturated heterocycles. The Morgan fingerprint density at radius 2 is 2.40 bits per heavy atom. The van der Waals surface area contributed by atoms with Gasteiger partial charge in [0.25, 0.3) is 0 Å². The van der Waals surface area contributed by atoms with E-state index in [4.69, 9.17) is 4.42 Å². The quantitative estimate of drug-likeness (QED) is 0.585. The Hall–Kier alpha value is -1.05. The standard InChI is InChI=1S/C8H10O2/c1-3-7-4-6(2)8(5-9)10-7/h4-5H,3H2,1-2H3. The number of carbonyl (C=O) groups is 1. The van der Waals surface area contributed by atoms with E-state index in [-0.39, 0.29) is 0 Å². The first-order valence-electron chi connectivity index (χ1n) is 3.32. The highest BCUT2D eigenvalue weighted by molar-refractivity contribution is 5.72. The van der Waals surface area contributed by atoms with Gasteiger partial charge in [-0.1, -0.05) is 6.92 Å². The summed E-state index contributed by atoms with van der Waals surface area (Å²) in [6, 6.07) is 1.89. The fourth-order valence-corrected chi connectivity index (χ4v) is 0.855. The summed E-state index contributed by atoms with van der Waals surface area (Å²) in [5.74, 6) is 1.33. The molecule has 1 aromatic heterocycles. The van der Waals surface area contributed by atoms with Gasteiger partial charge in [-0.2, -0.15) is 0 Å². The van der Waals surface area contributed by atoms with Crippen LogP contribution in [-0.2, 0) is 6.42 Å². The van der Waals surface area contributed by atoms with Crippen molar-refractivity contribution in [1.29, 1.82) is 0 Å². The molecule has 0 aliphatic rings. The number of hydrogen-bond acceptors (Lipinski definition) is 2. The van der Waals surface area contributed by atoms with E-state index < -0.39 is 0 Å². The van der Waals surface area contributed by atoms with Crippen molar-refractivity contribution < 1.29 is 9.21 Å². The summed E-state index contributed by atoms with van der Waals surface area (Å²) in [5, 5.41) is 0. The molecule has 54 valence electrons. The molecule has 0 amide bonds. The molecule has 0 fully saturated rings. The second kappa shape index (κ2) is 2.69. The van der Waals surface area contributed by atoms with Gasteiger partial charge in [0.1, 0.15) is 5.76 Å². The van der Waals surface area contributed by atoms with Crippen LogP contribution >= 0.6 is 0 Å². The van der Waals surface area contributed by atoms with Gasteiger partial charge >= 0.3 is 0 Å². The molecule has 0 atom stereocenters. The van der Waals surface area contributed by atoms with E-state index in [1.165, 1.54) is 0 Å². The summed E-state index contributed by atoms with van der Waals surface area (Å²) in [6.45, 7) is 3.86. The third-order valence-corrected chi connectivity index (χ3v) is 1.46. The Kier molecular flexibility index (Phi) is 1.90. The largest absolute Gasteiger partial charge is 0.458 e. The van der Waals surface area contributed by atoms with Crippen LogP contribution in [0.1, 0.15) is 28.8 Å². The summed E-state index contributed by atoms with van der Waals surface area (Å²) in [7, 11) is 0. The number of aryl methyl sites for hydroxylation is 2. The monoisotopic (exact) mass is 138 g/mol. The summed E-state index contributed by atoms with van der Waals surface area (Å²) < 4.78 is 5.14. The molecule has 0 N–H and O–H groups in total. The maximum atomic E-state index is 10.3. The molecule has 0 spiro atoms. The highest BCUT2D eigenvalue weighted by Crippen LogP contribution is 2.12. The number of rotatable bonds is 2. The number of furan rings is 1. The topological polar surface area (TPSA) is 30.2 Å². The van der Waals surface area contributed by atoms with Crippen LogP contribution in [0.4, 0.5) is 0 Å². The van der Waals surface area contributed by atoms with Crippen LogP contribution in [-0.4, -0.2) is 6.29 Å². The average Bonchev–Trinajstić information content (AvgIpc) is 2.30. The fourth-order valence-electron chi connectivity index (χ4n) is 0.855. The van der Waals surface area contributed by atoms with Gasteiger partial charge in [-0.25, -0.2) is 0 Å². The third kappa shape index (κ3) is 1.10. The maximum Gasteiger partial charge on any atom is 0.185 e. The Balaban J connectivity index is 3.03. The number of carbonyl (C=O) groups excluding carboxylic acids is 1. The Labute approximate surface area is 59.8 Å². The van der Waals surface area contributed by atoms with Crippen LogP contribution < -0.4 is 0 Å². The highest BCUT2D eigenvalue weighted by Gasteiger charge is 2.03. The third-order valence-electron chi connectivity index (χ3n) is 1.46. The van der Waals surface area contributed by atoms with Gasteiger partial charge < -0.3 is 4.42 Å². The van der Waals surface area contributed by atoms with Crippen molar-refractivity contribution in [1.82, 2.24) is 0 Å². The van der Waals surface area contributed by atoms with Gasteiger partial charge in [0.15, 0.2) is 12.0 Å². The first-order valence-corrected chi connectivity index (χ1v) is 3.32. The van der Waals surface area contributed by atoms with Gasteiger partial charge in [-0.05, 0) is 18.6 Å². The van der Waals surface area contributed by atoms with Gasteiger partial charge in [-0.3, -0.25) is 4.79 Å². The van der Waals surface area contributed by atoms with Crippen LogP contribution in [0, 0.1) is 6.92 Å². The Morgan fingerprint density at radius 1 is 1.70 bits per heavy atom. The first kappa shape index (κ1) is 7.06. The number of aldehydes is 1. The van der Waals surface area contributed by atoms with Gasteiger partial charge in [-0.15, -0.1) is 0 Å². The average molecular weight is 138 g/mol. The smallest absolute Gasteiger partial charge is 0.185 e. The predicted octanol–water partition coefficient (Wildman–Crippen LogP) is 1.96. The molecular formula is C8H10O2. The van der Waals surface area contributed by atoms with E-state index in [0.717, 1.165) is 24.0 Å². The zero-order valence-corrected chi connectivity index (χ0v) is 6.18. The molecule has 1 aromatic rings. The molecule has 0 aliphatic carbocycles. The molecule has 10 heavy (non-hydrogen) atoms. The van der Waals surface area contributed by atoms with Crippen molar-refractivity contribution in [2.24, 2.45) is 0 Å². The van der Waals surface area contributed by atoms with Crippen molar-refractivity contribution in [2.75, 3.05) is 0 Å². The van der Waals surface area contributed by atoms with E-state index in [0.29, 0.717) is 5.76 Å². The van der Waals surface area contributed by atoms with E-state index in [1.54, 1.807) is 0 Å². The lowest BCUT2D eigenvalue weighted by molar-refractivity contribution is 0.109.